The maximum Gasteiger partial charge on any atom is 0.0230 e. The van der Waals surface area contributed by atoms with Gasteiger partial charge in [0.1, 0.15) is 0 Å². The number of benzene rings is 1. The van der Waals surface area contributed by atoms with Crippen molar-refractivity contribution in [1.82, 2.24) is 10.2 Å². The van der Waals surface area contributed by atoms with Crippen LogP contribution in [0.15, 0.2) is 28.7 Å². The van der Waals surface area contributed by atoms with Crippen molar-refractivity contribution in [2.45, 2.75) is 51.1 Å². The molecular formula is C17H27BrN2. The fourth-order valence-electron chi connectivity index (χ4n) is 2.94. The first kappa shape index (κ1) is 16.0. The average molecular weight is 339 g/mol. The molecule has 112 valence electrons. The van der Waals surface area contributed by atoms with Crippen LogP contribution in [0.3, 0.4) is 0 Å². The second kappa shape index (κ2) is 8.81. The average Bonchev–Trinajstić information content (AvgIpc) is 2.47. The highest BCUT2D eigenvalue weighted by Crippen LogP contribution is 2.17. The Kier molecular flexibility index (Phi) is 7.05. The fourth-order valence-corrected chi connectivity index (χ4v) is 3.21. The van der Waals surface area contributed by atoms with Gasteiger partial charge in [-0.3, -0.25) is 0 Å². The molecule has 0 aliphatic heterocycles. The van der Waals surface area contributed by atoms with Gasteiger partial charge in [-0.1, -0.05) is 47.3 Å². The summed E-state index contributed by atoms with van der Waals surface area (Å²) in [4.78, 5) is 2.41. The summed E-state index contributed by atoms with van der Waals surface area (Å²) < 4.78 is 1.15. The monoisotopic (exact) mass is 338 g/mol. The molecule has 1 fully saturated rings. The topological polar surface area (TPSA) is 15.3 Å². The number of nitrogens with one attached hydrogen (secondary N) is 1. The zero-order valence-corrected chi connectivity index (χ0v) is 14.2. The van der Waals surface area contributed by atoms with E-state index in [0.29, 0.717) is 0 Å². The molecule has 1 aliphatic rings. The van der Waals surface area contributed by atoms with Crippen molar-refractivity contribution in [3.8, 4) is 0 Å². The van der Waals surface area contributed by atoms with Crippen LogP contribution in [0.1, 0.15) is 44.1 Å². The molecule has 1 aromatic rings. The van der Waals surface area contributed by atoms with Gasteiger partial charge in [-0.25, -0.2) is 0 Å². The van der Waals surface area contributed by atoms with Gasteiger partial charge in [0.15, 0.2) is 0 Å². The van der Waals surface area contributed by atoms with Gasteiger partial charge in [-0.2, -0.15) is 0 Å². The summed E-state index contributed by atoms with van der Waals surface area (Å²) in [5.41, 5.74) is 1.39. The Labute approximate surface area is 132 Å². The van der Waals surface area contributed by atoms with Gasteiger partial charge in [0.05, 0.1) is 0 Å². The number of hydrogen-bond acceptors (Lipinski definition) is 2. The zero-order chi connectivity index (χ0) is 14.2. The predicted molar refractivity (Wildman–Crippen MR) is 90.0 cm³/mol. The summed E-state index contributed by atoms with van der Waals surface area (Å²) in [7, 11) is 2.21. The van der Waals surface area contributed by atoms with E-state index >= 15 is 0 Å². The Morgan fingerprint density at radius 1 is 1.15 bits per heavy atom. The minimum absolute atomic E-state index is 0.792. The van der Waals surface area contributed by atoms with E-state index in [4.69, 9.17) is 0 Å². The summed E-state index contributed by atoms with van der Waals surface area (Å²) in [5.74, 6) is 0. The molecule has 0 amide bonds. The molecule has 1 aromatic carbocycles. The lowest BCUT2D eigenvalue weighted by molar-refractivity contribution is 0.308. The van der Waals surface area contributed by atoms with Crippen molar-refractivity contribution in [2.75, 3.05) is 20.1 Å². The van der Waals surface area contributed by atoms with Crippen LogP contribution in [0.5, 0.6) is 0 Å². The van der Waals surface area contributed by atoms with E-state index in [-0.39, 0.29) is 0 Å². The quantitative estimate of drug-likeness (QED) is 0.749. The molecule has 0 spiro atoms. The minimum Gasteiger partial charge on any atom is -0.314 e. The Hall–Kier alpha value is -0.380. The van der Waals surface area contributed by atoms with E-state index in [9.17, 15) is 0 Å². The minimum atomic E-state index is 0.792. The van der Waals surface area contributed by atoms with Gasteiger partial charge in [0.2, 0.25) is 0 Å². The maximum atomic E-state index is 3.72. The second-order valence-electron chi connectivity index (χ2n) is 6.01. The van der Waals surface area contributed by atoms with Gasteiger partial charge in [-0.15, -0.1) is 0 Å². The van der Waals surface area contributed by atoms with Crippen LogP contribution in [0.2, 0.25) is 0 Å². The molecule has 0 unspecified atom stereocenters. The molecule has 0 saturated heterocycles. The highest BCUT2D eigenvalue weighted by Gasteiger charge is 2.11. The van der Waals surface area contributed by atoms with Crippen molar-refractivity contribution in [3.05, 3.63) is 34.3 Å². The van der Waals surface area contributed by atoms with Gasteiger partial charge in [-0.05, 0) is 57.1 Å². The number of halogens is 1. The first-order valence-electron chi connectivity index (χ1n) is 7.90. The van der Waals surface area contributed by atoms with Crippen molar-refractivity contribution in [3.63, 3.8) is 0 Å². The van der Waals surface area contributed by atoms with E-state index in [0.717, 1.165) is 30.1 Å². The molecule has 0 radical (unpaired) electrons. The van der Waals surface area contributed by atoms with Gasteiger partial charge in [0, 0.05) is 17.1 Å². The molecule has 2 rings (SSSR count). The molecule has 0 aromatic heterocycles. The normalized spacial score (nSPS) is 16.8. The summed E-state index contributed by atoms with van der Waals surface area (Å²) >= 11 is 3.48. The van der Waals surface area contributed by atoms with Gasteiger partial charge in [0.25, 0.3) is 0 Å². The number of hydrogen-bond donors (Lipinski definition) is 1. The number of nitrogens with zero attached hydrogens (tertiary/aromatic N) is 1. The Bertz CT molecular complexity index is 371. The lowest BCUT2D eigenvalue weighted by Crippen LogP contribution is -2.33. The van der Waals surface area contributed by atoms with E-state index in [1.165, 1.54) is 44.1 Å². The Morgan fingerprint density at radius 3 is 2.55 bits per heavy atom. The summed E-state index contributed by atoms with van der Waals surface area (Å²) in [6, 6.07) is 9.42. The summed E-state index contributed by atoms with van der Waals surface area (Å²) in [6.45, 7) is 3.36. The molecule has 1 saturated carbocycles. The number of rotatable bonds is 7. The molecule has 3 heteroatoms. The van der Waals surface area contributed by atoms with Crippen LogP contribution in [-0.2, 0) is 6.54 Å². The summed E-state index contributed by atoms with van der Waals surface area (Å²) in [6.07, 6.45) is 8.28. The van der Waals surface area contributed by atoms with E-state index in [2.05, 4.69) is 57.5 Å². The largest absolute Gasteiger partial charge is 0.314 e. The third-order valence-corrected chi connectivity index (χ3v) is 4.65. The van der Waals surface area contributed by atoms with Crippen LogP contribution < -0.4 is 5.32 Å². The van der Waals surface area contributed by atoms with Gasteiger partial charge < -0.3 is 10.2 Å². The molecule has 0 heterocycles. The van der Waals surface area contributed by atoms with Crippen LogP contribution in [0.4, 0.5) is 0 Å². The van der Waals surface area contributed by atoms with Crippen molar-refractivity contribution >= 4 is 15.9 Å². The molecule has 1 aliphatic carbocycles. The van der Waals surface area contributed by atoms with Crippen molar-refractivity contribution in [1.29, 1.82) is 0 Å². The molecule has 1 N–H and O–H groups in total. The highest BCUT2D eigenvalue weighted by atomic mass is 79.9. The Balaban J connectivity index is 1.57. The van der Waals surface area contributed by atoms with E-state index < -0.39 is 0 Å². The van der Waals surface area contributed by atoms with Crippen LogP contribution in [0, 0.1) is 0 Å². The molecule has 20 heavy (non-hydrogen) atoms. The first-order valence-corrected chi connectivity index (χ1v) is 8.70. The lowest BCUT2D eigenvalue weighted by atomic mass is 9.95. The van der Waals surface area contributed by atoms with Crippen LogP contribution in [0.25, 0.3) is 0 Å². The second-order valence-corrected chi connectivity index (χ2v) is 6.92. The highest BCUT2D eigenvalue weighted by molar-refractivity contribution is 9.10. The summed E-state index contributed by atoms with van der Waals surface area (Å²) in [5, 5.41) is 3.72. The standard InChI is InChI=1S/C17H27BrN2/c1-20(14-15-8-10-16(18)11-9-15)13-5-12-19-17-6-3-2-4-7-17/h8-11,17,19H,2-7,12-14H2,1H3. The van der Waals surface area contributed by atoms with Crippen molar-refractivity contribution < 1.29 is 0 Å². The van der Waals surface area contributed by atoms with E-state index in [1.54, 1.807) is 0 Å². The maximum absolute atomic E-state index is 3.72. The van der Waals surface area contributed by atoms with Crippen LogP contribution in [-0.4, -0.2) is 31.1 Å². The fraction of sp³-hybridized carbons (Fsp3) is 0.647. The lowest BCUT2D eigenvalue weighted by Gasteiger charge is -2.23. The third-order valence-electron chi connectivity index (χ3n) is 4.12. The molecule has 0 bridgehead atoms. The smallest absolute Gasteiger partial charge is 0.0230 e. The third kappa shape index (κ3) is 5.94. The molecule has 0 atom stereocenters. The Morgan fingerprint density at radius 2 is 1.85 bits per heavy atom. The molecular weight excluding hydrogens is 312 g/mol. The SMILES string of the molecule is CN(CCCNC1CCCCC1)Cc1ccc(Br)cc1. The van der Waals surface area contributed by atoms with Gasteiger partial charge >= 0.3 is 0 Å². The van der Waals surface area contributed by atoms with Crippen molar-refractivity contribution in [2.24, 2.45) is 0 Å². The van der Waals surface area contributed by atoms with Crippen LogP contribution >= 0.6 is 15.9 Å². The van der Waals surface area contributed by atoms with E-state index in [1.807, 2.05) is 0 Å². The predicted octanol–water partition coefficient (Wildman–Crippen LogP) is 4.19. The zero-order valence-electron chi connectivity index (χ0n) is 12.6. The first-order chi connectivity index (χ1) is 9.74. The molecule has 2 nitrogen and oxygen atoms in total.